The van der Waals surface area contributed by atoms with Gasteiger partial charge in [-0.2, -0.15) is 5.26 Å². The fourth-order valence-electron chi connectivity index (χ4n) is 3.60. The van der Waals surface area contributed by atoms with E-state index in [2.05, 4.69) is 33.6 Å². The van der Waals surface area contributed by atoms with E-state index in [1.165, 1.54) is 6.07 Å². The van der Waals surface area contributed by atoms with Crippen LogP contribution >= 0.6 is 0 Å². The Morgan fingerprint density at radius 1 is 1.07 bits per heavy atom. The Morgan fingerprint density at radius 2 is 1.82 bits per heavy atom. The molecular formula is C22H29FN4O. The smallest absolute Gasteiger partial charge is 0.129 e. The van der Waals surface area contributed by atoms with E-state index in [9.17, 15) is 4.39 Å². The summed E-state index contributed by atoms with van der Waals surface area (Å²) in [6.07, 6.45) is 2.12. The number of piperidine rings is 1. The van der Waals surface area contributed by atoms with Gasteiger partial charge in [0.05, 0.1) is 24.3 Å². The molecule has 5 nitrogen and oxygen atoms in total. The Bertz CT molecular complexity index is 735. The van der Waals surface area contributed by atoms with E-state index in [1.807, 2.05) is 6.07 Å². The predicted molar refractivity (Wildman–Crippen MR) is 107 cm³/mol. The number of rotatable bonds is 5. The summed E-state index contributed by atoms with van der Waals surface area (Å²) < 4.78 is 19.9. The monoisotopic (exact) mass is 384 g/mol. The van der Waals surface area contributed by atoms with Gasteiger partial charge in [0.15, 0.2) is 0 Å². The van der Waals surface area contributed by atoms with Crippen LogP contribution in [0.2, 0.25) is 0 Å². The molecule has 0 N–H and O–H groups in total. The Kier molecular flexibility index (Phi) is 7.82. The van der Waals surface area contributed by atoms with Crippen molar-refractivity contribution in [2.24, 2.45) is 0 Å². The van der Waals surface area contributed by atoms with Crippen LogP contribution in [0.15, 0.2) is 18.2 Å². The third-order valence-electron chi connectivity index (χ3n) is 5.53. The molecule has 1 aromatic rings. The second kappa shape index (κ2) is 10.5. The van der Waals surface area contributed by atoms with Crippen LogP contribution in [-0.2, 0) is 11.3 Å². The Labute approximate surface area is 167 Å². The quantitative estimate of drug-likeness (QED) is 0.726. The van der Waals surface area contributed by atoms with Gasteiger partial charge in [-0.05, 0) is 32.0 Å². The van der Waals surface area contributed by atoms with Crippen molar-refractivity contribution < 1.29 is 9.13 Å². The molecule has 0 unspecified atom stereocenters. The van der Waals surface area contributed by atoms with Crippen molar-refractivity contribution in [3.63, 3.8) is 0 Å². The van der Waals surface area contributed by atoms with E-state index in [1.54, 1.807) is 12.1 Å². The molecule has 1 aromatic carbocycles. The lowest BCUT2D eigenvalue weighted by atomic mass is 10.1. The number of likely N-dealkylation sites (tertiary alicyclic amines) is 1. The van der Waals surface area contributed by atoms with Crippen LogP contribution in [0.4, 0.5) is 4.39 Å². The molecule has 150 valence electrons. The molecule has 0 spiro atoms. The number of likely N-dealkylation sites (N-methyl/N-ethyl adjacent to an activating group) is 1. The van der Waals surface area contributed by atoms with Gasteiger partial charge < -0.3 is 9.64 Å². The fraction of sp³-hybridized carbons (Fsp3) is 0.591. The zero-order valence-electron chi connectivity index (χ0n) is 16.7. The lowest BCUT2D eigenvalue weighted by Crippen LogP contribution is -2.44. The maximum absolute atomic E-state index is 14.0. The van der Waals surface area contributed by atoms with Crippen molar-refractivity contribution in [3.8, 4) is 17.9 Å². The minimum atomic E-state index is -0.298. The predicted octanol–water partition coefficient (Wildman–Crippen LogP) is 1.93. The van der Waals surface area contributed by atoms with Crippen molar-refractivity contribution in [1.29, 1.82) is 5.26 Å². The molecule has 2 saturated heterocycles. The average Bonchev–Trinajstić information content (AvgIpc) is 2.72. The molecule has 0 radical (unpaired) electrons. The number of halogens is 1. The van der Waals surface area contributed by atoms with E-state index in [-0.39, 0.29) is 11.9 Å². The summed E-state index contributed by atoms with van der Waals surface area (Å²) in [6.45, 7) is 8.07. The first kappa shape index (κ1) is 20.8. The summed E-state index contributed by atoms with van der Waals surface area (Å²) in [7, 11) is 2.16. The van der Waals surface area contributed by atoms with Crippen LogP contribution in [0.3, 0.4) is 0 Å². The number of nitriles is 1. The number of ether oxygens (including phenoxy) is 1. The Balaban J connectivity index is 1.32. The summed E-state index contributed by atoms with van der Waals surface area (Å²) in [4.78, 5) is 6.96. The van der Waals surface area contributed by atoms with Crippen LogP contribution < -0.4 is 0 Å². The molecule has 6 heteroatoms. The van der Waals surface area contributed by atoms with Gasteiger partial charge in [0, 0.05) is 51.4 Å². The van der Waals surface area contributed by atoms with E-state index in [0.29, 0.717) is 24.3 Å². The summed E-state index contributed by atoms with van der Waals surface area (Å²) in [5.74, 6) is 6.07. The third kappa shape index (κ3) is 6.29. The Hall–Kier alpha value is -1.96. The minimum absolute atomic E-state index is 0.236. The topological polar surface area (TPSA) is 42.7 Å². The molecule has 0 aliphatic carbocycles. The van der Waals surface area contributed by atoms with E-state index >= 15 is 0 Å². The Morgan fingerprint density at radius 3 is 2.50 bits per heavy atom. The number of benzene rings is 1. The van der Waals surface area contributed by atoms with Gasteiger partial charge in [-0.15, -0.1) is 0 Å². The lowest BCUT2D eigenvalue weighted by Gasteiger charge is -2.31. The molecule has 2 aliphatic heterocycles. The molecule has 0 atom stereocenters. The zero-order valence-corrected chi connectivity index (χ0v) is 16.7. The van der Waals surface area contributed by atoms with Crippen LogP contribution in [0.25, 0.3) is 0 Å². The molecule has 0 saturated carbocycles. The standard InChI is InChI=1S/C22H29FN4O/c1-25-11-13-26(14-12-25)8-2-3-15-28-21-6-9-27(10-7-21)18-20-5-4-19(17-24)16-22(20)23/h4-5,16,21H,6-15,18H2,1H3. The SMILES string of the molecule is CN1CCN(CC#CCOC2CCN(Cc3ccc(C#N)cc3F)CC2)CC1. The number of piperazine rings is 1. The summed E-state index contributed by atoms with van der Waals surface area (Å²) in [6, 6.07) is 6.67. The molecule has 2 aliphatic rings. The second-order valence-corrected chi connectivity index (χ2v) is 7.64. The van der Waals surface area contributed by atoms with Gasteiger partial charge in [0.25, 0.3) is 0 Å². The largest absolute Gasteiger partial charge is 0.365 e. The molecule has 2 heterocycles. The highest BCUT2D eigenvalue weighted by Crippen LogP contribution is 2.18. The van der Waals surface area contributed by atoms with Crippen LogP contribution in [0.5, 0.6) is 0 Å². The van der Waals surface area contributed by atoms with Crippen molar-refractivity contribution in [2.75, 3.05) is 59.5 Å². The molecule has 2 fully saturated rings. The molecular weight excluding hydrogens is 355 g/mol. The number of nitrogens with zero attached hydrogens (tertiary/aromatic N) is 4. The van der Waals surface area contributed by atoms with Gasteiger partial charge in [0.2, 0.25) is 0 Å². The molecule has 28 heavy (non-hydrogen) atoms. The fourth-order valence-corrected chi connectivity index (χ4v) is 3.60. The van der Waals surface area contributed by atoms with Crippen LogP contribution in [0, 0.1) is 29.0 Å². The van der Waals surface area contributed by atoms with Gasteiger partial charge in [-0.1, -0.05) is 17.9 Å². The van der Waals surface area contributed by atoms with E-state index in [0.717, 1.165) is 58.7 Å². The molecule has 0 aromatic heterocycles. The number of hydrogen-bond donors (Lipinski definition) is 0. The summed E-state index contributed by atoms with van der Waals surface area (Å²) in [5.41, 5.74) is 1.01. The maximum Gasteiger partial charge on any atom is 0.129 e. The molecule has 0 bridgehead atoms. The van der Waals surface area contributed by atoms with Gasteiger partial charge in [-0.25, -0.2) is 4.39 Å². The van der Waals surface area contributed by atoms with Crippen molar-refractivity contribution in [3.05, 3.63) is 35.1 Å². The third-order valence-corrected chi connectivity index (χ3v) is 5.53. The van der Waals surface area contributed by atoms with E-state index in [4.69, 9.17) is 10.00 Å². The molecule has 3 rings (SSSR count). The van der Waals surface area contributed by atoms with Gasteiger partial charge in [0.1, 0.15) is 12.4 Å². The highest BCUT2D eigenvalue weighted by Gasteiger charge is 2.20. The van der Waals surface area contributed by atoms with Crippen LogP contribution in [0.1, 0.15) is 24.0 Å². The number of hydrogen-bond acceptors (Lipinski definition) is 5. The van der Waals surface area contributed by atoms with Gasteiger partial charge >= 0.3 is 0 Å². The summed E-state index contributed by atoms with van der Waals surface area (Å²) >= 11 is 0. The van der Waals surface area contributed by atoms with Crippen molar-refractivity contribution in [1.82, 2.24) is 14.7 Å². The average molecular weight is 384 g/mol. The van der Waals surface area contributed by atoms with Crippen LogP contribution in [-0.4, -0.2) is 80.3 Å². The van der Waals surface area contributed by atoms with Crippen molar-refractivity contribution in [2.45, 2.75) is 25.5 Å². The maximum atomic E-state index is 14.0. The highest BCUT2D eigenvalue weighted by atomic mass is 19.1. The minimum Gasteiger partial charge on any atom is -0.365 e. The van der Waals surface area contributed by atoms with Gasteiger partial charge in [-0.3, -0.25) is 9.80 Å². The lowest BCUT2D eigenvalue weighted by molar-refractivity contribution is 0.0223. The summed E-state index contributed by atoms with van der Waals surface area (Å²) in [5, 5.41) is 8.83. The zero-order chi connectivity index (χ0) is 19.8. The molecule has 0 amide bonds. The van der Waals surface area contributed by atoms with E-state index < -0.39 is 0 Å². The van der Waals surface area contributed by atoms with Crippen molar-refractivity contribution >= 4 is 0 Å². The first-order chi connectivity index (χ1) is 13.6. The second-order valence-electron chi connectivity index (χ2n) is 7.64. The normalized spacial score (nSPS) is 19.8. The first-order valence-corrected chi connectivity index (χ1v) is 10.0. The highest BCUT2D eigenvalue weighted by molar-refractivity contribution is 5.32. The first-order valence-electron chi connectivity index (χ1n) is 10.0.